The molecule has 0 aromatic heterocycles. The number of hydrogen-bond donors (Lipinski definition) is 2. The van der Waals surface area contributed by atoms with Crippen LogP contribution in [0.4, 0.5) is 0 Å². The fourth-order valence-electron chi connectivity index (χ4n) is 1.17. The second-order valence-corrected chi connectivity index (χ2v) is 3.58. The molecule has 0 atom stereocenters. The van der Waals surface area contributed by atoms with E-state index < -0.39 is 5.91 Å². The number of nitrogens with two attached hydrogens (primary N) is 1. The molecule has 1 aliphatic heterocycles. The molecule has 3 N–H and O–H groups in total. The van der Waals surface area contributed by atoms with Crippen LogP contribution >= 0.6 is 0 Å². The van der Waals surface area contributed by atoms with E-state index in [2.05, 4.69) is 10.3 Å². The molecule has 1 heterocycles. The highest BCUT2D eigenvalue weighted by molar-refractivity contribution is 5.95. The summed E-state index contributed by atoms with van der Waals surface area (Å²) in [6.07, 6.45) is 1.61. The highest BCUT2D eigenvalue weighted by Gasteiger charge is 2.16. The van der Waals surface area contributed by atoms with Crippen molar-refractivity contribution in [3.8, 4) is 0 Å². The van der Waals surface area contributed by atoms with Crippen LogP contribution < -0.4 is 11.1 Å². The summed E-state index contributed by atoms with van der Waals surface area (Å²) >= 11 is 0. The van der Waals surface area contributed by atoms with Crippen LogP contribution in [0.1, 0.15) is 13.8 Å². The molecule has 5 heteroatoms. The summed E-state index contributed by atoms with van der Waals surface area (Å²) in [6, 6.07) is 0.225. The normalized spacial score (nSPS) is 19.6. The molecule has 0 aromatic rings. The fraction of sp³-hybridized carbons (Fsp3) is 0.556. The second kappa shape index (κ2) is 4.13. The zero-order chi connectivity index (χ0) is 10.7. The maximum Gasteiger partial charge on any atom is 0.247 e. The Bertz CT molecular complexity index is 293. The summed E-state index contributed by atoms with van der Waals surface area (Å²) in [7, 11) is 1.87. The molecular weight excluding hydrogens is 180 g/mol. The molecule has 0 aliphatic carbocycles. The molecule has 14 heavy (non-hydrogen) atoms. The van der Waals surface area contributed by atoms with Crippen LogP contribution in [0, 0.1) is 0 Å². The monoisotopic (exact) mass is 196 g/mol. The Morgan fingerprint density at radius 2 is 2.36 bits per heavy atom. The average Bonchev–Trinajstić information content (AvgIpc) is 2.07. The third kappa shape index (κ3) is 2.48. The van der Waals surface area contributed by atoms with Gasteiger partial charge in [0.2, 0.25) is 5.91 Å². The van der Waals surface area contributed by atoms with Crippen molar-refractivity contribution in [2.24, 2.45) is 10.7 Å². The van der Waals surface area contributed by atoms with Gasteiger partial charge in [-0.1, -0.05) is 0 Å². The first-order valence-electron chi connectivity index (χ1n) is 4.55. The van der Waals surface area contributed by atoms with Crippen molar-refractivity contribution in [2.45, 2.75) is 19.9 Å². The van der Waals surface area contributed by atoms with E-state index >= 15 is 0 Å². The minimum Gasteiger partial charge on any atom is -0.366 e. The van der Waals surface area contributed by atoms with Crippen LogP contribution in [0.3, 0.4) is 0 Å². The van der Waals surface area contributed by atoms with Gasteiger partial charge in [0.05, 0.1) is 12.1 Å². The third-order valence-corrected chi connectivity index (χ3v) is 1.84. The molecular formula is C9H16N4O. The van der Waals surface area contributed by atoms with E-state index in [9.17, 15) is 4.79 Å². The van der Waals surface area contributed by atoms with Crippen molar-refractivity contribution in [1.29, 1.82) is 0 Å². The lowest BCUT2D eigenvalue weighted by molar-refractivity contribution is -0.114. The Labute approximate surface area is 83.7 Å². The van der Waals surface area contributed by atoms with Gasteiger partial charge in [-0.3, -0.25) is 9.79 Å². The Hall–Kier alpha value is -1.52. The number of rotatable bonds is 2. The Morgan fingerprint density at radius 1 is 1.71 bits per heavy atom. The van der Waals surface area contributed by atoms with Gasteiger partial charge in [-0.05, 0) is 13.8 Å². The molecule has 0 spiro atoms. The lowest BCUT2D eigenvalue weighted by Gasteiger charge is -2.26. The number of carbonyl (C=O) groups is 1. The first-order chi connectivity index (χ1) is 6.50. The highest BCUT2D eigenvalue weighted by Crippen LogP contribution is 2.03. The largest absolute Gasteiger partial charge is 0.366 e. The number of nitrogens with zero attached hydrogens (tertiary/aromatic N) is 2. The third-order valence-electron chi connectivity index (χ3n) is 1.84. The fourth-order valence-corrected chi connectivity index (χ4v) is 1.17. The predicted octanol–water partition coefficient (Wildman–Crippen LogP) is -0.345. The SMILES string of the molecule is CC(C)N=C1NC=C(C(N)=O)CN1C. The van der Waals surface area contributed by atoms with Crippen LogP contribution in [0.5, 0.6) is 0 Å². The van der Waals surface area contributed by atoms with Gasteiger partial charge in [0.15, 0.2) is 5.96 Å². The predicted molar refractivity (Wildman–Crippen MR) is 55.6 cm³/mol. The molecule has 0 bridgehead atoms. The molecule has 0 saturated heterocycles. The summed E-state index contributed by atoms with van der Waals surface area (Å²) in [5, 5.41) is 2.94. The van der Waals surface area contributed by atoms with Gasteiger partial charge >= 0.3 is 0 Å². The van der Waals surface area contributed by atoms with E-state index in [0.717, 1.165) is 5.96 Å². The Morgan fingerprint density at radius 3 is 2.79 bits per heavy atom. The second-order valence-electron chi connectivity index (χ2n) is 3.58. The van der Waals surface area contributed by atoms with E-state index in [-0.39, 0.29) is 6.04 Å². The van der Waals surface area contributed by atoms with Crippen molar-refractivity contribution in [3.63, 3.8) is 0 Å². The minimum absolute atomic E-state index is 0.225. The van der Waals surface area contributed by atoms with Gasteiger partial charge in [0.1, 0.15) is 0 Å². The van der Waals surface area contributed by atoms with Crippen molar-refractivity contribution in [3.05, 3.63) is 11.8 Å². The molecule has 0 saturated carbocycles. The van der Waals surface area contributed by atoms with E-state index in [4.69, 9.17) is 5.73 Å². The van der Waals surface area contributed by atoms with Crippen LogP contribution in [0.15, 0.2) is 16.8 Å². The summed E-state index contributed by atoms with van der Waals surface area (Å²) in [5.74, 6) is 0.373. The first kappa shape index (κ1) is 10.6. The topological polar surface area (TPSA) is 70.7 Å². The number of aliphatic imine (C=N–C) groups is 1. The van der Waals surface area contributed by atoms with Crippen LogP contribution in [-0.2, 0) is 4.79 Å². The quantitative estimate of drug-likeness (QED) is 0.634. The molecule has 0 fully saturated rings. The maximum absolute atomic E-state index is 10.9. The molecule has 0 unspecified atom stereocenters. The summed E-state index contributed by atoms with van der Waals surface area (Å²) in [6.45, 7) is 4.50. The van der Waals surface area contributed by atoms with Gasteiger partial charge in [-0.15, -0.1) is 0 Å². The number of carbonyl (C=O) groups excluding carboxylic acids is 1. The van der Waals surface area contributed by atoms with Gasteiger partial charge in [-0.2, -0.15) is 0 Å². The number of amides is 1. The zero-order valence-corrected chi connectivity index (χ0v) is 8.74. The van der Waals surface area contributed by atoms with Crippen LogP contribution in [-0.4, -0.2) is 36.4 Å². The van der Waals surface area contributed by atoms with Gasteiger partial charge < -0.3 is 16.0 Å². The Kier molecular flexibility index (Phi) is 3.11. The highest BCUT2D eigenvalue weighted by atomic mass is 16.1. The molecule has 1 aliphatic rings. The van der Waals surface area contributed by atoms with E-state index in [1.807, 2.05) is 25.8 Å². The number of guanidine groups is 1. The van der Waals surface area contributed by atoms with Crippen molar-refractivity contribution >= 4 is 11.9 Å². The number of nitrogens with one attached hydrogen (secondary N) is 1. The van der Waals surface area contributed by atoms with Gasteiger partial charge in [-0.25, -0.2) is 0 Å². The molecule has 1 amide bonds. The Balaban J connectivity index is 2.77. The van der Waals surface area contributed by atoms with Crippen molar-refractivity contribution in [1.82, 2.24) is 10.2 Å². The molecule has 78 valence electrons. The maximum atomic E-state index is 10.9. The average molecular weight is 196 g/mol. The van der Waals surface area contributed by atoms with E-state index in [0.29, 0.717) is 12.1 Å². The van der Waals surface area contributed by atoms with Crippen molar-refractivity contribution < 1.29 is 4.79 Å². The lowest BCUT2D eigenvalue weighted by atomic mass is 10.2. The van der Waals surface area contributed by atoms with E-state index in [1.54, 1.807) is 6.20 Å². The zero-order valence-electron chi connectivity index (χ0n) is 8.74. The molecule has 0 radical (unpaired) electrons. The van der Waals surface area contributed by atoms with E-state index in [1.165, 1.54) is 0 Å². The van der Waals surface area contributed by atoms with Gasteiger partial charge in [0.25, 0.3) is 0 Å². The number of hydrogen-bond acceptors (Lipinski definition) is 2. The summed E-state index contributed by atoms with van der Waals surface area (Å²) in [5.41, 5.74) is 5.73. The molecule has 5 nitrogen and oxygen atoms in total. The van der Waals surface area contributed by atoms with Gasteiger partial charge in [0, 0.05) is 19.3 Å². The lowest BCUT2D eigenvalue weighted by Crippen LogP contribution is -2.44. The molecule has 1 rings (SSSR count). The van der Waals surface area contributed by atoms with Crippen molar-refractivity contribution in [2.75, 3.05) is 13.6 Å². The molecule has 0 aromatic carbocycles. The number of likely N-dealkylation sites (N-methyl/N-ethyl adjacent to an activating group) is 1. The smallest absolute Gasteiger partial charge is 0.247 e. The number of primary amides is 1. The van der Waals surface area contributed by atoms with Crippen LogP contribution in [0.25, 0.3) is 0 Å². The summed E-state index contributed by atoms with van der Waals surface area (Å²) in [4.78, 5) is 17.1. The minimum atomic E-state index is -0.395. The first-order valence-corrected chi connectivity index (χ1v) is 4.55. The summed E-state index contributed by atoms with van der Waals surface area (Å²) < 4.78 is 0. The van der Waals surface area contributed by atoms with Crippen LogP contribution in [0.2, 0.25) is 0 Å². The standard InChI is InChI=1S/C9H16N4O/c1-6(2)12-9-11-4-7(8(10)14)5-13(9)3/h4,6H,5H2,1-3H3,(H2,10,14)(H,11,12).